The van der Waals surface area contributed by atoms with E-state index in [0.717, 1.165) is 24.3 Å². The fourth-order valence-electron chi connectivity index (χ4n) is 4.45. The number of rotatable bonds is 8. The van der Waals surface area contributed by atoms with Gasteiger partial charge in [-0.3, -0.25) is 9.69 Å². The Hall–Kier alpha value is -3.32. The molecular formula is C27H34N4O3. The van der Waals surface area contributed by atoms with Crippen molar-refractivity contribution in [3.63, 3.8) is 0 Å². The van der Waals surface area contributed by atoms with E-state index in [9.17, 15) is 4.79 Å². The Labute approximate surface area is 201 Å². The third-order valence-electron chi connectivity index (χ3n) is 6.54. The Balaban J connectivity index is 1.67. The van der Waals surface area contributed by atoms with Crippen LogP contribution in [0.25, 0.3) is 16.9 Å². The molecule has 0 bridgehead atoms. The number of aromatic nitrogens is 2. The van der Waals surface area contributed by atoms with E-state index in [1.54, 1.807) is 31.2 Å². The number of hydrogen-bond acceptors (Lipinski definition) is 5. The van der Waals surface area contributed by atoms with Gasteiger partial charge in [-0.1, -0.05) is 24.6 Å². The van der Waals surface area contributed by atoms with Crippen molar-refractivity contribution in [1.82, 2.24) is 20.0 Å². The van der Waals surface area contributed by atoms with Crippen molar-refractivity contribution in [1.29, 1.82) is 0 Å². The summed E-state index contributed by atoms with van der Waals surface area (Å²) in [6.45, 7) is 7.09. The summed E-state index contributed by atoms with van der Waals surface area (Å²) >= 11 is 0. The molecule has 2 heterocycles. The summed E-state index contributed by atoms with van der Waals surface area (Å²) in [6, 6.07) is 15.3. The van der Waals surface area contributed by atoms with Gasteiger partial charge in [-0.15, -0.1) is 0 Å². The number of nitrogens with one attached hydrogen (secondary N) is 1. The highest BCUT2D eigenvalue weighted by Crippen LogP contribution is 2.35. The summed E-state index contributed by atoms with van der Waals surface area (Å²) in [5.74, 6) is 1.12. The van der Waals surface area contributed by atoms with Crippen LogP contribution in [0.1, 0.15) is 43.5 Å². The lowest BCUT2D eigenvalue weighted by molar-refractivity contribution is 0.0798. The number of ether oxygens (including phenoxy) is 2. The van der Waals surface area contributed by atoms with Crippen molar-refractivity contribution in [2.24, 2.45) is 0 Å². The number of para-hydroxylation sites is 1. The van der Waals surface area contributed by atoms with Crippen LogP contribution in [0.3, 0.4) is 0 Å². The van der Waals surface area contributed by atoms with Crippen molar-refractivity contribution in [3.05, 3.63) is 60.3 Å². The van der Waals surface area contributed by atoms with Crippen LogP contribution in [0, 0.1) is 0 Å². The Morgan fingerprint density at radius 3 is 2.44 bits per heavy atom. The molecule has 0 radical (unpaired) electrons. The lowest BCUT2D eigenvalue weighted by Crippen LogP contribution is -2.53. The lowest BCUT2D eigenvalue weighted by Gasteiger charge is -2.41. The molecule has 1 fully saturated rings. The summed E-state index contributed by atoms with van der Waals surface area (Å²) in [7, 11) is 3.22. The molecule has 1 N–H and O–H groups in total. The normalized spacial score (nSPS) is 14.6. The minimum Gasteiger partial charge on any atom is -0.497 e. The molecule has 7 nitrogen and oxygen atoms in total. The molecule has 3 aromatic rings. The minimum absolute atomic E-state index is 0.122. The molecule has 0 aliphatic carbocycles. The zero-order chi connectivity index (χ0) is 24.1. The third-order valence-corrected chi connectivity index (χ3v) is 6.54. The van der Waals surface area contributed by atoms with Crippen LogP contribution in [0.4, 0.5) is 0 Å². The van der Waals surface area contributed by atoms with E-state index in [1.165, 1.54) is 19.3 Å². The van der Waals surface area contributed by atoms with Gasteiger partial charge >= 0.3 is 0 Å². The number of nitrogens with zero attached hydrogens (tertiary/aromatic N) is 3. The maximum absolute atomic E-state index is 13.5. The van der Waals surface area contributed by atoms with Gasteiger partial charge in [0.1, 0.15) is 17.2 Å². The zero-order valence-electron chi connectivity index (χ0n) is 20.5. The molecule has 0 spiro atoms. The number of benzene rings is 2. The average molecular weight is 463 g/mol. The van der Waals surface area contributed by atoms with Gasteiger partial charge in [-0.05, 0) is 64.0 Å². The van der Waals surface area contributed by atoms with Gasteiger partial charge in [-0.25, -0.2) is 4.68 Å². The molecule has 1 aliphatic heterocycles. The molecule has 4 rings (SSSR count). The fourth-order valence-corrected chi connectivity index (χ4v) is 4.45. The van der Waals surface area contributed by atoms with Gasteiger partial charge in [-0.2, -0.15) is 5.10 Å². The Morgan fingerprint density at radius 2 is 1.76 bits per heavy atom. The first-order valence-electron chi connectivity index (χ1n) is 11.8. The number of carbonyl (C=O) groups is 1. The minimum atomic E-state index is -0.153. The van der Waals surface area contributed by atoms with Crippen LogP contribution < -0.4 is 14.8 Å². The molecule has 7 heteroatoms. The summed E-state index contributed by atoms with van der Waals surface area (Å²) in [6.07, 6.45) is 5.49. The van der Waals surface area contributed by atoms with E-state index >= 15 is 0 Å². The van der Waals surface area contributed by atoms with Crippen molar-refractivity contribution < 1.29 is 14.3 Å². The van der Waals surface area contributed by atoms with Gasteiger partial charge in [0.2, 0.25) is 0 Å². The molecular weight excluding hydrogens is 428 g/mol. The van der Waals surface area contributed by atoms with Crippen LogP contribution in [0.2, 0.25) is 0 Å². The molecule has 2 aromatic carbocycles. The number of amides is 1. The standard InChI is InChI=1S/C27H34N4O3/c1-27(2,30-15-9-6-10-16-30)19-28-26(32)23-18-31(20-11-7-5-8-12-20)29-25(23)22-14-13-21(33-3)17-24(22)34-4/h5,7-8,11-14,17-18H,6,9-10,15-16,19H2,1-4H3,(H,28,32). The van der Waals surface area contributed by atoms with E-state index in [2.05, 4.69) is 24.1 Å². The highest BCUT2D eigenvalue weighted by molar-refractivity contribution is 6.00. The largest absolute Gasteiger partial charge is 0.497 e. The number of piperidine rings is 1. The van der Waals surface area contributed by atoms with Gasteiger partial charge < -0.3 is 14.8 Å². The second kappa shape index (κ2) is 10.3. The lowest BCUT2D eigenvalue weighted by atomic mass is 9.98. The predicted molar refractivity (Wildman–Crippen MR) is 134 cm³/mol. The van der Waals surface area contributed by atoms with Crippen molar-refractivity contribution in [2.75, 3.05) is 33.9 Å². The molecule has 0 unspecified atom stereocenters. The van der Waals surface area contributed by atoms with E-state index in [1.807, 2.05) is 42.5 Å². The van der Waals surface area contributed by atoms with Gasteiger partial charge in [0.25, 0.3) is 5.91 Å². The molecule has 34 heavy (non-hydrogen) atoms. The van der Waals surface area contributed by atoms with Crippen LogP contribution in [0.15, 0.2) is 54.7 Å². The van der Waals surface area contributed by atoms with Gasteiger partial charge in [0.05, 0.1) is 25.5 Å². The van der Waals surface area contributed by atoms with Crippen molar-refractivity contribution >= 4 is 5.91 Å². The van der Waals surface area contributed by atoms with Gasteiger partial charge in [0.15, 0.2) is 0 Å². The SMILES string of the molecule is COc1ccc(-c2nn(-c3ccccc3)cc2C(=O)NCC(C)(C)N2CCCCC2)c(OC)c1. The first kappa shape index (κ1) is 23.8. The smallest absolute Gasteiger partial charge is 0.255 e. The van der Waals surface area contributed by atoms with Crippen LogP contribution in [0.5, 0.6) is 11.5 Å². The second-order valence-corrected chi connectivity index (χ2v) is 9.28. The second-order valence-electron chi connectivity index (χ2n) is 9.28. The summed E-state index contributed by atoms with van der Waals surface area (Å²) < 4.78 is 12.7. The Morgan fingerprint density at radius 1 is 1.03 bits per heavy atom. The Kier molecular flexibility index (Phi) is 7.22. The quantitative estimate of drug-likeness (QED) is 0.532. The monoisotopic (exact) mass is 462 g/mol. The van der Waals surface area contributed by atoms with Gasteiger partial charge in [0, 0.05) is 29.9 Å². The molecule has 1 aliphatic rings. The number of hydrogen-bond donors (Lipinski definition) is 1. The molecule has 180 valence electrons. The fraction of sp³-hybridized carbons (Fsp3) is 0.407. The predicted octanol–water partition coefficient (Wildman–Crippen LogP) is 4.55. The molecule has 1 saturated heterocycles. The van der Waals surface area contributed by atoms with Crippen LogP contribution >= 0.6 is 0 Å². The van der Waals surface area contributed by atoms with Crippen LogP contribution in [-0.2, 0) is 0 Å². The summed E-state index contributed by atoms with van der Waals surface area (Å²) in [5.41, 5.74) is 2.56. The highest BCUT2D eigenvalue weighted by atomic mass is 16.5. The molecule has 0 atom stereocenters. The van der Waals surface area contributed by atoms with E-state index in [4.69, 9.17) is 14.6 Å². The summed E-state index contributed by atoms with van der Waals surface area (Å²) in [5, 5.41) is 7.97. The number of methoxy groups -OCH3 is 2. The maximum atomic E-state index is 13.5. The highest BCUT2D eigenvalue weighted by Gasteiger charge is 2.29. The molecule has 1 aromatic heterocycles. The van der Waals surface area contributed by atoms with Crippen LogP contribution in [-0.4, -0.2) is 60.0 Å². The Bertz CT molecular complexity index is 1120. The number of likely N-dealkylation sites (tertiary alicyclic amines) is 1. The van der Waals surface area contributed by atoms with E-state index in [-0.39, 0.29) is 11.4 Å². The van der Waals surface area contributed by atoms with Crippen molar-refractivity contribution in [2.45, 2.75) is 38.6 Å². The third kappa shape index (κ3) is 5.09. The number of carbonyl (C=O) groups excluding carboxylic acids is 1. The summed E-state index contributed by atoms with van der Waals surface area (Å²) in [4.78, 5) is 16.0. The van der Waals surface area contributed by atoms with E-state index in [0.29, 0.717) is 29.3 Å². The zero-order valence-corrected chi connectivity index (χ0v) is 20.5. The maximum Gasteiger partial charge on any atom is 0.255 e. The van der Waals surface area contributed by atoms with E-state index < -0.39 is 0 Å². The van der Waals surface area contributed by atoms with Crippen molar-refractivity contribution in [3.8, 4) is 28.4 Å². The first-order valence-corrected chi connectivity index (χ1v) is 11.8. The first-order chi connectivity index (χ1) is 16.4. The molecule has 0 saturated carbocycles. The average Bonchev–Trinajstić information content (AvgIpc) is 3.33. The topological polar surface area (TPSA) is 68.6 Å². The molecule has 1 amide bonds.